The molecule has 1 atom stereocenters. The molecule has 4 nitrogen and oxygen atoms in total. The summed E-state index contributed by atoms with van der Waals surface area (Å²) in [5, 5.41) is 4.85. The first-order valence-corrected chi connectivity index (χ1v) is 9.79. The van der Waals surface area contributed by atoms with Crippen LogP contribution in [0.15, 0.2) is 54.7 Å². The van der Waals surface area contributed by atoms with Crippen LogP contribution in [0.5, 0.6) is 0 Å². The summed E-state index contributed by atoms with van der Waals surface area (Å²) in [5.74, 6) is -0.234. The molecule has 1 aliphatic rings. The Hall–Kier alpha value is -2.50. The van der Waals surface area contributed by atoms with Crippen LogP contribution < -0.4 is 0 Å². The molecule has 146 valence electrons. The zero-order valence-corrected chi connectivity index (χ0v) is 16.4. The zero-order valence-electron chi connectivity index (χ0n) is 16.4. The van der Waals surface area contributed by atoms with Gasteiger partial charge in [0.05, 0.1) is 17.5 Å². The van der Waals surface area contributed by atoms with Gasteiger partial charge in [-0.3, -0.25) is 4.90 Å². The molecule has 1 saturated heterocycles. The van der Waals surface area contributed by atoms with E-state index in [1.165, 1.54) is 17.7 Å². The quantitative estimate of drug-likeness (QED) is 0.649. The molecule has 28 heavy (non-hydrogen) atoms. The minimum atomic E-state index is -0.234. The van der Waals surface area contributed by atoms with E-state index < -0.39 is 0 Å². The molecular weight excluding hydrogens is 353 g/mol. The number of piperidine rings is 1. The Morgan fingerprint density at radius 1 is 1.11 bits per heavy atom. The SMILES string of the molecule is COC1CCCN(Cc2cn(-c3ccc(C)cc3)nc2-c2ccc(F)cc2)C1. The van der Waals surface area contributed by atoms with Gasteiger partial charge in [0, 0.05) is 37.5 Å². The van der Waals surface area contributed by atoms with E-state index in [4.69, 9.17) is 9.84 Å². The Kier molecular flexibility index (Phi) is 5.55. The second-order valence-corrected chi connectivity index (χ2v) is 7.53. The largest absolute Gasteiger partial charge is 0.380 e. The Labute approximate surface area is 165 Å². The van der Waals surface area contributed by atoms with Gasteiger partial charge in [-0.1, -0.05) is 17.7 Å². The van der Waals surface area contributed by atoms with Crippen LogP contribution in [0.2, 0.25) is 0 Å². The van der Waals surface area contributed by atoms with Gasteiger partial charge in [-0.2, -0.15) is 5.10 Å². The smallest absolute Gasteiger partial charge is 0.123 e. The Morgan fingerprint density at radius 2 is 1.86 bits per heavy atom. The molecule has 0 spiro atoms. The normalized spacial score (nSPS) is 17.8. The summed E-state index contributed by atoms with van der Waals surface area (Å²) < 4.78 is 20.9. The van der Waals surface area contributed by atoms with Crippen LogP contribution in [-0.4, -0.2) is 41.0 Å². The molecule has 5 heteroatoms. The van der Waals surface area contributed by atoms with Crippen molar-refractivity contribution in [2.45, 2.75) is 32.4 Å². The number of aromatic nitrogens is 2. The number of hydrogen-bond acceptors (Lipinski definition) is 3. The number of methoxy groups -OCH3 is 1. The van der Waals surface area contributed by atoms with Crippen LogP contribution in [0, 0.1) is 12.7 Å². The molecule has 3 aromatic rings. The van der Waals surface area contributed by atoms with E-state index in [9.17, 15) is 4.39 Å². The van der Waals surface area contributed by atoms with Crippen LogP contribution in [0.1, 0.15) is 24.0 Å². The van der Waals surface area contributed by atoms with Gasteiger partial charge >= 0.3 is 0 Å². The van der Waals surface area contributed by atoms with Gasteiger partial charge < -0.3 is 4.74 Å². The van der Waals surface area contributed by atoms with Crippen LogP contribution in [-0.2, 0) is 11.3 Å². The van der Waals surface area contributed by atoms with Crippen molar-refractivity contribution in [3.8, 4) is 16.9 Å². The maximum Gasteiger partial charge on any atom is 0.123 e. The van der Waals surface area contributed by atoms with Crippen molar-refractivity contribution in [1.29, 1.82) is 0 Å². The molecule has 0 aliphatic carbocycles. The fraction of sp³-hybridized carbons (Fsp3) is 0.348. The van der Waals surface area contributed by atoms with Gasteiger partial charge in [0.15, 0.2) is 0 Å². The molecule has 0 N–H and O–H groups in total. The number of aryl methyl sites for hydroxylation is 1. The Bertz CT molecular complexity index is 918. The lowest BCUT2D eigenvalue weighted by Gasteiger charge is -2.31. The average Bonchev–Trinajstić information content (AvgIpc) is 3.13. The molecule has 1 fully saturated rings. The first-order valence-electron chi connectivity index (χ1n) is 9.79. The van der Waals surface area contributed by atoms with Crippen molar-refractivity contribution in [2.75, 3.05) is 20.2 Å². The minimum absolute atomic E-state index is 0.234. The van der Waals surface area contributed by atoms with Gasteiger partial charge in [-0.25, -0.2) is 9.07 Å². The highest BCUT2D eigenvalue weighted by Crippen LogP contribution is 2.26. The third-order valence-electron chi connectivity index (χ3n) is 5.40. The van der Waals surface area contributed by atoms with E-state index >= 15 is 0 Å². The van der Waals surface area contributed by atoms with Crippen LogP contribution >= 0.6 is 0 Å². The Morgan fingerprint density at radius 3 is 2.57 bits per heavy atom. The van der Waals surface area contributed by atoms with E-state index in [2.05, 4.69) is 42.3 Å². The van der Waals surface area contributed by atoms with Gasteiger partial charge in [-0.05, 0) is 62.7 Å². The molecule has 0 bridgehead atoms. The number of benzene rings is 2. The van der Waals surface area contributed by atoms with Crippen molar-refractivity contribution in [1.82, 2.24) is 14.7 Å². The van der Waals surface area contributed by atoms with E-state index in [0.29, 0.717) is 0 Å². The number of hydrogen-bond donors (Lipinski definition) is 0. The molecule has 0 amide bonds. The van der Waals surface area contributed by atoms with Gasteiger partial charge in [-0.15, -0.1) is 0 Å². The van der Waals surface area contributed by atoms with Gasteiger partial charge in [0.2, 0.25) is 0 Å². The van der Waals surface area contributed by atoms with E-state index in [0.717, 1.165) is 55.0 Å². The fourth-order valence-corrected chi connectivity index (χ4v) is 3.80. The maximum absolute atomic E-state index is 13.4. The molecule has 0 radical (unpaired) electrons. The predicted octanol–water partition coefficient (Wildman–Crippen LogP) is 4.60. The molecule has 2 heterocycles. The lowest BCUT2D eigenvalue weighted by molar-refractivity contribution is 0.0286. The van der Waals surface area contributed by atoms with Crippen LogP contribution in [0.3, 0.4) is 0 Å². The summed E-state index contributed by atoms with van der Waals surface area (Å²) in [6.07, 6.45) is 4.63. The molecule has 1 aliphatic heterocycles. The second kappa shape index (κ2) is 8.25. The summed E-state index contributed by atoms with van der Waals surface area (Å²) in [6, 6.07) is 14.9. The topological polar surface area (TPSA) is 30.3 Å². The molecule has 4 rings (SSSR count). The number of halogens is 1. The summed E-state index contributed by atoms with van der Waals surface area (Å²) in [5.41, 5.74) is 5.22. The highest BCUT2D eigenvalue weighted by atomic mass is 19.1. The minimum Gasteiger partial charge on any atom is -0.380 e. The summed E-state index contributed by atoms with van der Waals surface area (Å²) in [4.78, 5) is 2.42. The van der Waals surface area contributed by atoms with Crippen molar-refractivity contribution in [3.05, 3.63) is 71.7 Å². The monoisotopic (exact) mass is 379 g/mol. The molecule has 2 aromatic carbocycles. The number of rotatable bonds is 5. The predicted molar refractivity (Wildman–Crippen MR) is 109 cm³/mol. The van der Waals surface area contributed by atoms with E-state index in [-0.39, 0.29) is 11.9 Å². The highest BCUT2D eigenvalue weighted by Gasteiger charge is 2.22. The van der Waals surface area contributed by atoms with Crippen molar-refractivity contribution < 1.29 is 9.13 Å². The molecule has 0 saturated carbocycles. The van der Waals surface area contributed by atoms with Crippen molar-refractivity contribution in [3.63, 3.8) is 0 Å². The average molecular weight is 379 g/mol. The lowest BCUT2D eigenvalue weighted by atomic mass is 10.0. The molecule has 1 aromatic heterocycles. The number of nitrogens with zero attached hydrogens (tertiary/aromatic N) is 3. The number of ether oxygens (including phenoxy) is 1. The standard InChI is InChI=1S/C23H26FN3O/c1-17-5-11-21(12-6-17)27-15-19(14-26-13-3-4-22(16-26)28-2)23(25-27)18-7-9-20(24)10-8-18/h5-12,15,22H,3-4,13-14,16H2,1-2H3. The maximum atomic E-state index is 13.4. The first-order chi connectivity index (χ1) is 13.6. The van der Waals surface area contributed by atoms with Crippen molar-refractivity contribution >= 4 is 0 Å². The number of likely N-dealkylation sites (tertiary alicyclic amines) is 1. The van der Waals surface area contributed by atoms with Gasteiger partial charge in [0.1, 0.15) is 5.82 Å². The zero-order chi connectivity index (χ0) is 19.5. The van der Waals surface area contributed by atoms with Crippen LogP contribution in [0.4, 0.5) is 4.39 Å². The lowest BCUT2D eigenvalue weighted by Crippen LogP contribution is -2.38. The van der Waals surface area contributed by atoms with Crippen molar-refractivity contribution in [2.24, 2.45) is 0 Å². The Balaban J connectivity index is 1.68. The van der Waals surface area contributed by atoms with Gasteiger partial charge in [0.25, 0.3) is 0 Å². The fourth-order valence-electron chi connectivity index (χ4n) is 3.80. The third-order valence-corrected chi connectivity index (χ3v) is 5.40. The molecule has 1 unspecified atom stereocenters. The third kappa shape index (κ3) is 4.16. The second-order valence-electron chi connectivity index (χ2n) is 7.53. The van der Waals surface area contributed by atoms with E-state index in [1.54, 1.807) is 19.2 Å². The first kappa shape index (κ1) is 18.8. The highest BCUT2D eigenvalue weighted by molar-refractivity contribution is 5.63. The van der Waals surface area contributed by atoms with Crippen LogP contribution in [0.25, 0.3) is 16.9 Å². The molecular formula is C23H26FN3O. The summed E-state index contributed by atoms with van der Waals surface area (Å²) in [7, 11) is 1.79. The summed E-state index contributed by atoms with van der Waals surface area (Å²) >= 11 is 0. The summed E-state index contributed by atoms with van der Waals surface area (Å²) in [6.45, 7) is 4.86. The van der Waals surface area contributed by atoms with E-state index in [1.807, 2.05) is 4.68 Å².